The number of hydrogen-bond acceptors (Lipinski definition) is 7. The molecule has 8 heteroatoms. The van der Waals surface area contributed by atoms with Crippen LogP contribution >= 0.6 is 0 Å². The van der Waals surface area contributed by atoms with E-state index in [-0.39, 0.29) is 17.2 Å². The minimum Gasteiger partial charge on any atom is -0.467 e. The Balaban J connectivity index is 2.88. The number of anilines is 1. The number of esters is 1. The van der Waals surface area contributed by atoms with Crippen molar-refractivity contribution >= 4 is 17.5 Å². The standard InChI is InChI=1S/C10H13N3O5/c1-6-8(13(16)17)3-4-9(11-6)12-7(5-14)10(15)18-2/h3-4,7,14H,5H2,1-2H3,(H,11,12). The third-order valence-corrected chi connectivity index (χ3v) is 2.25. The molecule has 98 valence electrons. The molecule has 8 nitrogen and oxygen atoms in total. The van der Waals surface area contributed by atoms with Crippen molar-refractivity contribution in [2.24, 2.45) is 0 Å². The van der Waals surface area contributed by atoms with Gasteiger partial charge in [-0.2, -0.15) is 0 Å². The number of hydrogen-bond donors (Lipinski definition) is 2. The lowest BCUT2D eigenvalue weighted by molar-refractivity contribution is -0.385. The van der Waals surface area contributed by atoms with Gasteiger partial charge in [0.15, 0.2) is 0 Å². The van der Waals surface area contributed by atoms with Gasteiger partial charge in [0.2, 0.25) is 0 Å². The Morgan fingerprint density at radius 2 is 2.33 bits per heavy atom. The maximum atomic E-state index is 11.2. The first kappa shape index (κ1) is 13.8. The highest BCUT2D eigenvalue weighted by Gasteiger charge is 2.19. The van der Waals surface area contributed by atoms with E-state index in [1.54, 1.807) is 0 Å². The summed E-state index contributed by atoms with van der Waals surface area (Å²) in [6.07, 6.45) is 0. The Morgan fingerprint density at radius 1 is 1.67 bits per heavy atom. The second-order valence-corrected chi connectivity index (χ2v) is 3.46. The van der Waals surface area contributed by atoms with Crippen LogP contribution in [0.25, 0.3) is 0 Å². The minimum absolute atomic E-state index is 0.112. The normalized spacial score (nSPS) is 11.7. The van der Waals surface area contributed by atoms with Crippen molar-refractivity contribution in [1.29, 1.82) is 0 Å². The molecule has 0 aliphatic carbocycles. The van der Waals surface area contributed by atoms with Gasteiger partial charge in [0.1, 0.15) is 17.6 Å². The summed E-state index contributed by atoms with van der Waals surface area (Å²) in [7, 11) is 1.20. The molecular weight excluding hydrogens is 242 g/mol. The van der Waals surface area contributed by atoms with Gasteiger partial charge in [-0.05, 0) is 13.0 Å². The van der Waals surface area contributed by atoms with Crippen molar-refractivity contribution in [2.75, 3.05) is 19.0 Å². The van der Waals surface area contributed by atoms with Gasteiger partial charge >= 0.3 is 5.97 Å². The Bertz CT molecular complexity index is 463. The van der Waals surface area contributed by atoms with Gasteiger partial charge in [0.05, 0.1) is 18.6 Å². The zero-order chi connectivity index (χ0) is 13.7. The molecular formula is C10H13N3O5. The molecule has 0 aliphatic heterocycles. The molecule has 1 aromatic heterocycles. The topological polar surface area (TPSA) is 115 Å². The number of aliphatic hydroxyl groups excluding tert-OH is 1. The average Bonchev–Trinajstić information content (AvgIpc) is 2.34. The molecule has 1 heterocycles. The molecule has 1 unspecified atom stereocenters. The summed E-state index contributed by atoms with van der Waals surface area (Å²) in [4.78, 5) is 25.2. The summed E-state index contributed by atoms with van der Waals surface area (Å²) in [6, 6.07) is 1.68. The van der Waals surface area contributed by atoms with Gasteiger partial charge in [-0.15, -0.1) is 0 Å². The van der Waals surface area contributed by atoms with Crippen molar-refractivity contribution in [1.82, 2.24) is 4.98 Å². The summed E-state index contributed by atoms with van der Waals surface area (Å²) < 4.78 is 4.47. The van der Waals surface area contributed by atoms with Gasteiger partial charge < -0.3 is 15.2 Å². The van der Waals surface area contributed by atoms with Crippen LogP contribution in [0.3, 0.4) is 0 Å². The van der Waals surface area contributed by atoms with Crippen molar-refractivity contribution in [3.63, 3.8) is 0 Å². The van der Waals surface area contributed by atoms with Gasteiger partial charge in [-0.25, -0.2) is 9.78 Å². The molecule has 1 atom stereocenters. The van der Waals surface area contributed by atoms with E-state index in [1.807, 2.05) is 0 Å². The van der Waals surface area contributed by atoms with Gasteiger partial charge in [0.25, 0.3) is 5.69 Å². The lowest BCUT2D eigenvalue weighted by Crippen LogP contribution is -2.34. The number of nitrogens with one attached hydrogen (secondary N) is 1. The summed E-state index contributed by atoms with van der Waals surface area (Å²) in [6.45, 7) is 1.01. The molecule has 0 saturated heterocycles. The number of rotatable bonds is 5. The molecule has 18 heavy (non-hydrogen) atoms. The molecule has 0 amide bonds. The highest BCUT2D eigenvalue weighted by Crippen LogP contribution is 2.18. The van der Waals surface area contributed by atoms with Crippen molar-refractivity contribution in [2.45, 2.75) is 13.0 Å². The molecule has 0 aromatic carbocycles. The zero-order valence-corrected chi connectivity index (χ0v) is 9.91. The Morgan fingerprint density at radius 3 is 2.78 bits per heavy atom. The number of nitro groups is 1. The number of ether oxygens (including phenoxy) is 1. The van der Waals surface area contributed by atoms with Crippen molar-refractivity contribution < 1.29 is 19.6 Å². The van der Waals surface area contributed by atoms with Crippen LogP contribution in [0.4, 0.5) is 11.5 Å². The first-order valence-corrected chi connectivity index (χ1v) is 5.06. The zero-order valence-electron chi connectivity index (χ0n) is 9.91. The number of aryl methyl sites for hydroxylation is 1. The van der Waals surface area contributed by atoms with Crippen LogP contribution in [-0.2, 0) is 9.53 Å². The van der Waals surface area contributed by atoms with Crippen LogP contribution in [-0.4, -0.2) is 40.7 Å². The smallest absolute Gasteiger partial charge is 0.330 e. The number of pyridine rings is 1. The first-order valence-electron chi connectivity index (χ1n) is 5.06. The van der Waals surface area contributed by atoms with Crippen LogP contribution < -0.4 is 5.32 Å². The van der Waals surface area contributed by atoms with Gasteiger partial charge in [0, 0.05) is 6.07 Å². The molecule has 1 rings (SSSR count). The monoisotopic (exact) mass is 255 g/mol. The second-order valence-electron chi connectivity index (χ2n) is 3.46. The quantitative estimate of drug-likeness (QED) is 0.440. The van der Waals surface area contributed by atoms with E-state index < -0.39 is 23.5 Å². The number of carbonyl (C=O) groups excluding carboxylic acids is 1. The number of nitrogens with zero attached hydrogens (tertiary/aromatic N) is 2. The molecule has 0 spiro atoms. The third-order valence-electron chi connectivity index (χ3n) is 2.25. The summed E-state index contributed by atoms with van der Waals surface area (Å²) in [5, 5.41) is 22.2. The third kappa shape index (κ3) is 3.14. The van der Waals surface area contributed by atoms with E-state index in [4.69, 9.17) is 5.11 Å². The number of carbonyl (C=O) groups is 1. The van der Waals surface area contributed by atoms with E-state index >= 15 is 0 Å². The highest BCUT2D eigenvalue weighted by molar-refractivity contribution is 5.79. The van der Waals surface area contributed by atoms with Gasteiger partial charge in [-0.3, -0.25) is 10.1 Å². The highest BCUT2D eigenvalue weighted by atomic mass is 16.6. The molecule has 2 N–H and O–H groups in total. The van der Waals surface area contributed by atoms with Crippen LogP contribution in [0, 0.1) is 17.0 Å². The predicted octanol–water partition coefficient (Wildman–Crippen LogP) is 0.244. The first-order chi connectivity index (χ1) is 8.49. The summed E-state index contributed by atoms with van der Waals surface area (Å²) in [5.41, 5.74) is 0.103. The SMILES string of the molecule is COC(=O)C(CO)Nc1ccc([N+](=O)[O-])c(C)n1. The average molecular weight is 255 g/mol. The molecule has 0 bridgehead atoms. The van der Waals surface area contributed by atoms with Crippen molar-refractivity contribution in [3.05, 3.63) is 27.9 Å². The summed E-state index contributed by atoms with van der Waals surface area (Å²) in [5.74, 6) is -0.391. The van der Waals surface area contributed by atoms with Crippen LogP contribution in [0.2, 0.25) is 0 Å². The van der Waals surface area contributed by atoms with E-state index in [2.05, 4.69) is 15.0 Å². The van der Waals surface area contributed by atoms with Crippen molar-refractivity contribution in [3.8, 4) is 0 Å². The molecule has 0 radical (unpaired) electrons. The van der Waals surface area contributed by atoms with E-state index in [0.717, 1.165) is 0 Å². The fourth-order valence-corrected chi connectivity index (χ4v) is 1.33. The minimum atomic E-state index is -0.955. The Hall–Kier alpha value is -2.22. The Labute approximate surface area is 103 Å². The molecule has 0 fully saturated rings. The maximum absolute atomic E-state index is 11.2. The summed E-state index contributed by atoms with van der Waals surface area (Å²) >= 11 is 0. The number of aromatic nitrogens is 1. The predicted molar refractivity (Wildman–Crippen MR) is 62.1 cm³/mol. The van der Waals surface area contributed by atoms with Crippen LogP contribution in [0.5, 0.6) is 0 Å². The fraction of sp³-hybridized carbons (Fsp3) is 0.400. The second kappa shape index (κ2) is 5.92. The van der Waals surface area contributed by atoms with E-state index in [1.165, 1.54) is 26.2 Å². The molecule has 1 aromatic rings. The van der Waals surface area contributed by atoms with Crippen LogP contribution in [0.15, 0.2) is 12.1 Å². The number of methoxy groups -OCH3 is 1. The number of aliphatic hydroxyl groups is 1. The van der Waals surface area contributed by atoms with Gasteiger partial charge in [-0.1, -0.05) is 0 Å². The lowest BCUT2D eigenvalue weighted by atomic mass is 10.3. The molecule has 0 saturated carbocycles. The molecule has 0 aliphatic rings. The Kier molecular flexibility index (Phi) is 4.55. The largest absolute Gasteiger partial charge is 0.467 e. The van der Waals surface area contributed by atoms with E-state index in [9.17, 15) is 14.9 Å². The van der Waals surface area contributed by atoms with E-state index in [0.29, 0.717) is 0 Å². The fourth-order valence-electron chi connectivity index (χ4n) is 1.33. The van der Waals surface area contributed by atoms with Crippen LogP contribution in [0.1, 0.15) is 5.69 Å². The maximum Gasteiger partial charge on any atom is 0.330 e. The lowest BCUT2D eigenvalue weighted by Gasteiger charge is -2.14.